The second-order valence-corrected chi connectivity index (χ2v) is 3.55. The Morgan fingerprint density at radius 1 is 1.38 bits per heavy atom. The van der Waals surface area contributed by atoms with Gasteiger partial charge in [0.2, 0.25) is 0 Å². The minimum Gasteiger partial charge on any atom is -0.462 e. The number of pyridine rings is 1. The van der Waals surface area contributed by atoms with E-state index >= 15 is 0 Å². The average molecular weight is 215 g/mol. The van der Waals surface area contributed by atoms with Crippen molar-refractivity contribution in [1.82, 2.24) is 4.98 Å². The van der Waals surface area contributed by atoms with Crippen molar-refractivity contribution in [3.63, 3.8) is 0 Å². The lowest BCUT2D eigenvalue weighted by molar-refractivity contribution is 0.0505. The molecule has 0 atom stereocenters. The summed E-state index contributed by atoms with van der Waals surface area (Å²) in [6.45, 7) is 2.41. The highest BCUT2D eigenvalue weighted by atomic mass is 16.5. The molecule has 0 unspecified atom stereocenters. The number of hydrogen-bond acceptors (Lipinski definition) is 3. The van der Waals surface area contributed by atoms with Crippen LogP contribution in [0.15, 0.2) is 36.5 Å². The molecule has 1 aromatic heterocycles. The highest BCUT2D eigenvalue weighted by Gasteiger charge is 2.07. The summed E-state index contributed by atoms with van der Waals surface area (Å²) in [6.07, 6.45) is 2.38. The smallest absolute Gasteiger partial charge is 0.339 e. The number of nitrogens with zero attached hydrogens (tertiary/aromatic N) is 1. The monoisotopic (exact) mass is 215 g/mol. The van der Waals surface area contributed by atoms with E-state index in [1.54, 1.807) is 12.3 Å². The largest absolute Gasteiger partial charge is 0.462 e. The SMILES string of the molecule is CCCOC(=O)c1cnc2ccccc2c1. The first kappa shape index (κ1) is 10.6. The molecular weight excluding hydrogens is 202 g/mol. The van der Waals surface area contributed by atoms with Gasteiger partial charge in [-0.3, -0.25) is 4.98 Å². The van der Waals surface area contributed by atoms with Gasteiger partial charge in [-0.2, -0.15) is 0 Å². The lowest BCUT2D eigenvalue weighted by atomic mass is 10.1. The maximum Gasteiger partial charge on any atom is 0.339 e. The molecule has 3 heteroatoms. The third kappa shape index (κ3) is 2.19. The second-order valence-electron chi connectivity index (χ2n) is 3.55. The first-order chi connectivity index (χ1) is 7.81. The molecule has 0 spiro atoms. The summed E-state index contributed by atoms with van der Waals surface area (Å²) in [5.41, 5.74) is 1.39. The molecule has 0 radical (unpaired) electrons. The topological polar surface area (TPSA) is 39.2 Å². The van der Waals surface area contributed by atoms with Crippen molar-refractivity contribution >= 4 is 16.9 Å². The van der Waals surface area contributed by atoms with Crippen LogP contribution in [0.4, 0.5) is 0 Å². The molecule has 0 amide bonds. The van der Waals surface area contributed by atoms with Gasteiger partial charge in [-0.25, -0.2) is 4.79 Å². The van der Waals surface area contributed by atoms with Gasteiger partial charge in [0.15, 0.2) is 0 Å². The van der Waals surface area contributed by atoms with Gasteiger partial charge in [0.05, 0.1) is 17.7 Å². The Kier molecular flexibility index (Phi) is 3.15. The van der Waals surface area contributed by atoms with E-state index in [4.69, 9.17) is 4.74 Å². The summed E-state index contributed by atoms with van der Waals surface area (Å²) < 4.78 is 5.05. The number of para-hydroxylation sites is 1. The van der Waals surface area contributed by atoms with Crippen LogP contribution in [0.25, 0.3) is 10.9 Å². The van der Waals surface area contributed by atoms with Crippen LogP contribution >= 0.6 is 0 Å². The van der Waals surface area contributed by atoms with E-state index in [9.17, 15) is 4.79 Å². The standard InChI is InChI=1S/C13H13NO2/c1-2-7-16-13(15)11-8-10-5-3-4-6-12(10)14-9-11/h3-6,8-9H,2,7H2,1H3. The van der Waals surface area contributed by atoms with Gasteiger partial charge in [-0.1, -0.05) is 25.1 Å². The maximum absolute atomic E-state index is 11.6. The van der Waals surface area contributed by atoms with Gasteiger partial charge in [-0.15, -0.1) is 0 Å². The predicted molar refractivity (Wildman–Crippen MR) is 62.3 cm³/mol. The summed E-state index contributed by atoms with van der Waals surface area (Å²) in [6, 6.07) is 9.49. The van der Waals surface area contributed by atoms with E-state index in [0.29, 0.717) is 12.2 Å². The Labute approximate surface area is 94.1 Å². The number of benzene rings is 1. The molecule has 0 aliphatic rings. The molecule has 1 aromatic carbocycles. The van der Waals surface area contributed by atoms with Gasteiger partial charge < -0.3 is 4.74 Å². The zero-order valence-electron chi connectivity index (χ0n) is 9.14. The van der Waals surface area contributed by atoms with E-state index in [2.05, 4.69) is 4.98 Å². The molecule has 16 heavy (non-hydrogen) atoms. The molecule has 2 rings (SSSR count). The van der Waals surface area contributed by atoms with Crippen LogP contribution in [0, 0.1) is 0 Å². The molecule has 82 valence electrons. The van der Waals surface area contributed by atoms with Crippen LogP contribution in [-0.4, -0.2) is 17.6 Å². The molecule has 2 aromatic rings. The fourth-order valence-electron chi connectivity index (χ4n) is 1.46. The zero-order valence-corrected chi connectivity index (χ0v) is 9.14. The quantitative estimate of drug-likeness (QED) is 0.739. The molecule has 0 aliphatic carbocycles. The van der Waals surface area contributed by atoms with Crippen molar-refractivity contribution in [2.45, 2.75) is 13.3 Å². The van der Waals surface area contributed by atoms with E-state index in [0.717, 1.165) is 17.3 Å². The molecule has 0 saturated heterocycles. The second kappa shape index (κ2) is 4.75. The van der Waals surface area contributed by atoms with Crippen LogP contribution in [0.2, 0.25) is 0 Å². The van der Waals surface area contributed by atoms with Gasteiger partial charge in [-0.05, 0) is 18.6 Å². The molecule has 3 nitrogen and oxygen atoms in total. The minimum atomic E-state index is -0.305. The van der Waals surface area contributed by atoms with E-state index in [1.165, 1.54) is 0 Å². The summed E-state index contributed by atoms with van der Waals surface area (Å²) >= 11 is 0. The van der Waals surface area contributed by atoms with Crippen molar-refractivity contribution < 1.29 is 9.53 Å². The Morgan fingerprint density at radius 3 is 3.00 bits per heavy atom. The van der Waals surface area contributed by atoms with E-state index < -0.39 is 0 Å². The summed E-state index contributed by atoms with van der Waals surface area (Å²) in [4.78, 5) is 15.8. The van der Waals surface area contributed by atoms with Crippen molar-refractivity contribution in [2.24, 2.45) is 0 Å². The molecule has 0 N–H and O–H groups in total. The molecular formula is C13H13NO2. The Hall–Kier alpha value is -1.90. The fourth-order valence-corrected chi connectivity index (χ4v) is 1.46. The zero-order chi connectivity index (χ0) is 11.4. The van der Waals surface area contributed by atoms with Crippen molar-refractivity contribution in [3.8, 4) is 0 Å². The minimum absolute atomic E-state index is 0.305. The predicted octanol–water partition coefficient (Wildman–Crippen LogP) is 2.80. The number of fused-ring (bicyclic) bond motifs is 1. The summed E-state index contributed by atoms with van der Waals surface area (Å²) in [7, 11) is 0. The number of rotatable bonds is 3. The van der Waals surface area contributed by atoms with Crippen LogP contribution < -0.4 is 0 Å². The Morgan fingerprint density at radius 2 is 2.19 bits per heavy atom. The normalized spacial score (nSPS) is 10.3. The third-order valence-electron chi connectivity index (χ3n) is 2.26. The molecule has 0 aliphatic heterocycles. The number of hydrogen-bond donors (Lipinski definition) is 0. The third-order valence-corrected chi connectivity index (χ3v) is 2.26. The Bertz CT molecular complexity index is 508. The van der Waals surface area contributed by atoms with E-state index in [1.807, 2.05) is 31.2 Å². The van der Waals surface area contributed by atoms with Crippen molar-refractivity contribution in [1.29, 1.82) is 0 Å². The van der Waals surface area contributed by atoms with Crippen LogP contribution in [0.3, 0.4) is 0 Å². The molecule has 1 heterocycles. The molecule has 0 bridgehead atoms. The summed E-state index contributed by atoms with van der Waals surface area (Å²) in [5, 5.41) is 0.952. The average Bonchev–Trinajstić information content (AvgIpc) is 2.35. The first-order valence-corrected chi connectivity index (χ1v) is 5.33. The van der Waals surface area contributed by atoms with E-state index in [-0.39, 0.29) is 5.97 Å². The van der Waals surface area contributed by atoms with Crippen LogP contribution in [0.1, 0.15) is 23.7 Å². The van der Waals surface area contributed by atoms with Gasteiger partial charge in [0.1, 0.15) is 0 Å². The number of carbonyl (C=O) groups is 1. The number of carbonyl (C=O) groups excluding carboxylic acids is 1. The van der Waals surface area contributed by atoms with Gasteiger partial charge in [0.25, 0.3) is 0 Å². The maximum atomic E-state index is 11.6. The molecule has 0 saturated carbocycles. The molecule has 0 fully saturated rings. The lowest BCUT2D eigenvalue weighted by Gasteiger charge is -2.03. The van der Waals surface area contributed by atoms with Crippen LogP contribution in [0.5, 0.6) is 0 Å². The number of aromatic nitrogens is 1. The first-order valence-electron chi connectivity index (χ1n) is 5.33. The Balaban J connectivity index is 2.28. The van der Waals surface area contributed by atoms with Crippen LogP contribution in [-0.2, 0) is 4.74 Å². The highest BCUT2D eigenvalue weighted by Crippen LogP contribution is 2.13. The lowest BCUT2D eigenvalue weighted by Crippen LogP contribution is -2.06. The van der Waals surface area contributed by atoms with Crippen molar-refractivity contribution in [2.75, 3.05) is 6.61 Å². The summed E-state index contributed by atoms with van der Waals surface area (Å²) in [5.74, 6) is -0.305. The van der Waals surface area contributed by atoms with Gasteiger partial charge in [0, 0.05) is 11.6 Å². The van der Waals surface area contributed by atoms with Crippen molar-refractivity contribution in [3.05, 3.63) is 42.1 Å². The number of ether oxygens (including phenoxy) is 1. The fraction of sp³-hybridized carbons (Fsp3) is 0.231. The van der Waals surface area contributed by atoms with Gasteiger partial charge >= 0.3 is 5.97 Å². The highest BCUT2D eigenvalue weighted by molar-refractivity contribution is 5.93. The number of esters is 1.